The van der Waals surface area contributed by atoms with Gasteiger partial charge in [0.2, 0.25) is 0 Å². The molecule has 0 aromatic heterocycles. The van der Waals surface area contributed by atoms with Crippen molar-refractivity contribution < 1.29 is 23.8 Å². The molecule has 0 fully saturated rings. The number of hydrogen-bond acceptors (Lipinski definition) is 6. The predicted molar refractivity (Wildman–Crippen MR) is 82.6 cm³/mol. The van der Waals surface area contributed by atoms with Crippen molar-refractivity contribution in [2.75, 3.05) is 20.3 Å². The van der Waals surface area contributed by atoms with E-state index in [2.05, 4.69) is 4.99 Å². The molecule has 1 aromatic rings. The van der Waals surface area contributed by atoms with Crippen LogP contribution in [0.5, 0.6) is 5.75 Å². The Morgan fingerprint density at radius 3 is 1.86 bits per heavy atom. The zero-order chi connectivity index (χ0) is 16.4. The summed E-state index contributed by atoms with van der Waals surface area (Å²) in [6.07, 6.45) is -0.0859. The fraction of sp³-hybridized carbons (Fsp3) is 0.438. The van der Waals surface area contributed by atoms with Crippen molar-refractivity contribution in [3.05, 3.63) is 24.3 Å². The molecule has 1 rings (SSSR count). The van der Waals surface area contributed by atoms with Gasteiger partial charge in [0, 0.05) is 5.71 Å². The number of carbonyl (C=O) groups excluding carboxylic acids is 2. The quantitative estimate of drug-likeness (QED) is 0.545. The molecule has 120 valence electrons. The van der Waals surface area contributed by atoms with Crippen LogP contribution in [-0.4, -0.2) is 38.0 Å². The van der Waals surface area contributed by atoms with Crippen molar-refractivity contribution >= 4 is 23.3 Å². The lowest BCUT2D eigenvalue weighted by Crippen LogP contribution is -2.16. The monoisotopic (exact) mass is 307 g/mol. The van der Waals surface area contributed by atoms with E-state index in [-0.39, 0.29) is 26.1 Å². The summed E-state index contributed by atoms with van der Waals surface area (Å²) < 4.78 is 14.9. The van der Waals surface area contributed by atoms with E-state index in [1.54, 1.807) is 45.2 Å². The normalized spacial score (nSPS) is 9.77. The number of esters is 2. The van der Waals surface area contributed by atoms with Gasteiger partial charge < -0.3 is 14.2 Å². The van der Waals surface area contributed by atoms with Crippen LogP contribution < -0.4 is 4.74 Å². The third kappa shape index (κ3) is 6.39. The van der Waals surface area contributed by atoms with Gasteiger partial charge in [-0.3, -0.25) is 14.6 Å². The number of rotatable bonds is 8. The standard InChI is InChI=1S/C16H21NO5/c1-4-21-15(18)10-13(11-16(19)22-5-2)17-12-6-8-14(20-3)9-7-12/h6-9H,4-5,10-11H2,1-3H3. The molecule has 0 N–H and O–H groups in total. The minimum atomic E-state index is -0.418. The Kier molecular flexibility index (Phi) is 7.67. The van der Waals surface area contributed by atoms with Crippen molar-refractivity contribution in [3.63, 3.8) is 0 Å². The molecule has 0 amide bonds. The first-order valence-corrected chi connectivity index (χ1v) is 7.10. The first-order valence-electron chi connectivity index (χ1n) is 7.10. The van der Waals surface area contributed by atoms with E-state index in [0.29, 0.717) is 17.1 Å². The number of aliphatic imine (C=N–C) groups is 1. The number of nitrogens with zero attached hydrogens (tertiary/aromatic N) is 1. The van der Waals surface area contributed by atoms with Crippen LogP contribution in [0.15, 0.2) is 29.3 Å². The maximum Gasteiger partial charge on any atom is 0.311 e. The van der Waals surface area contributed by atoms with Crippen LogP contribution in [0.3, 0.4) is 0 Å². The molecule has 0 saturated carbocycles. The molecule has 0 aliphatic rings. The average molecular weight is 307 g/mol. The van der Waals surface area contributed by atoms with E-state index < -0.39 is 11.9 Å². The topological polar surface area (TPSA) is 74.2 Å². The number of methoxy groups -OCH3 is 1. The molecule has 0 spiro atoms. The van der Waals surface area contributed by atoms with Gasteiger partial charge in [-0.05, 0) is 38.1 Å². The summed E-state index contributed by atoms with van der Waals surface area (Å²) in [7, 11) is 1.57. The Morgan fingerprint density at radius 1 is 0.955 bits per heavy atom. The highest BCUT2D eigenvalue weighted by molar-refractivity contribution is 6.07. The lowest BCUT2D eigenvalue weighted by molar-refractivity contribution is -0.141. The number of benzene rings is 1. The van der Waals surface area contributed by atoms with E-state index in [0.717, 1.165) is 0 Å². The molecule has 0 aliphatic heterocycles. The van der Waals surface area contributed by atoms with Gasteiger partial charge in [-0.2, -0.15) is 0 Å². The molecule has 0 bridgehead atoms. The zero-order valence-corrected chi connectivity index (χ0v) is 13.1. The predicted octanol–water partition coefficient (Wildman–Crippen LogP) is 2.67. The van der Waals surface area contributed by atoms with Crippen molar-refractivity contribution in [2.24, 2.45) is 4.99 Å². The molecule has 0 heterocycles. The van der Waals surface area contributed by atoms with Crippen LogP contribution in [0.4, 0.5) is 5.69 Å². The molecule has 22 heavy (non-hydrogen) atoms. The van der Waals surface area contributed by atoms with Crippen molar-refractivity contribution in [3.8, 4) is 5.75 Å². The van der Waals surface area contributed by atoms with E-state index in [4.69, 9.17) is 14.2 Å². The summed E-state index contributed by atoms with van der Waals surface area (Å²) in [4.78, 5) is 27.6. The van der Waals surface area contributed by atoms with Gasteiger partial charge in [0.05, 0.1) is 38.9 Å². The van der Waals surface area contributed by atoms with Crippen molar-refractivity contribution in [1.29, 1.82) is 0 Å². The third-order valence-electron chi connectivity index (χ3n) is 2.67. The summed E-state index contributed by atoms with van der Waals surface area (Å²) in [6, 6.07) is 7.00. The molecular formula is C16H21NO5. The van der Waals surface area contributed by atoms with Crippen LogP contribution >= 0.6 is 0 Å². The smallest absolute Gasteiger partial charge is 0.311 e. The highest BCUT2D eigenvalue weighted by Gasteiger charge is 2.14. The van der Waals surface area contributed by atoms with E-state index in [1.165, 1.54) is 0 Å². The summed E-state index contributed by atoms with van der Waals surface area (Å²) in [5.74, 6) is -0.130. The summed E-state index contributed by atoms with van der Waals surface area (Å²) in [5, 5.41) is 0. The minimum Gasteiger partial charge on any atom is -0.497 e. The van der Waals surface area contributed by atoms with Crippen molar-refractivity contribution in [1.82, 2.24) is 0 Å². The largest absolute Gasteiger partial charge is 0.497 e. The second-order valence-electron chi connectivity index (χ2n) is 4.34. The molecule has 6 nitrogen and oxygen atoms in total. The Labute approximate surface area is 130 Å². The van der Waals surface area contributed by atoms with Crippen LogP contribution in [0.2, 0.25) is 0 Å². The van der Waals surface area contributed by atoms with Crippen molar-refractivity contribution in [2.45, 2.75) is 26.7 Å². The summed E-state index contributed by atoms with van der Waals surface area (Å²) in [5.41, 5.74) is 1.03. The fourth-order valence-corrected chi connectivity index (χ4v) is 1.74. The fourth-order valence-electron chi connectivity index (χ4n) is 1.74. The van der Waals surface area contributed by atoms with Gasteiger partial charge in [-0.15, -0.1) is 0 Å². The molecule has 0 aliphatic carbocycles. The minimum absolute atomic E-state index is 0.0430. The lowest BCUT2D eigenvalue weighted by atomic mass is 10.2. The molecule has 1 aromatic carbocycles. The maximum absolute atomic E-state index is 11.6. The molecular weight excluding hydrogens is 286 g/mol. The summed E-state index contributed by atoms with van der Waals surface area (Å²) >= 11 is 0. The SMILES string of the molecule is CCOC(=O)CC(CC(=O)OCC)=Nc1ccc(OC)cc1. The van der Waals surface area contributed by atoms with Crippen LogP contribution in [0, 0.1) is 0 Å². The number of carbonyl (C=O) groups is 2. The first kappa shape index (κ1) is 17.7. The van der Waals surface area contributed by atoms with Gasteiger partial charge in [0.1, 0.15) is 5.75 Å². The third-order valence-corrected chi connectivity index (χ3v) is 2.67. The van der Waals surface area contributed by atoms with Crippen LogP contribution in [0.1, 0.15) is 26.7 Å². The number of ether oxygens (including phenoxy) is 3. The Balaban J connectivity index is 2.87. The molecule has 0 atom stereocenters. The summed E-state index contributed by atoms with van der Waals surface area (Å²) in [6.45, 7) is 4.02. The molecule has 0 radical (unpaired) electrons. The molecule has 0 saturated heterocycles. The highest BCUT2D eigenvalue weighted by Crippen LogP contribution is 2.19. The zero-order valence-electron chi connectivity index (χ0n) is 13.1. The van der Waals surface area contributed by atoms with Gasteiger partial charge in [-0.25, -0.2) is 0 Å². The van der Waals surface area contributed by atoms with Gasteiger partial charge in [0.15, 0.2) is 0 Å². The van der Waals surface area contributed by atoms with Gasteiger partial charge >= 0.3 is 11.9 Å². The second-order valence-corrected chi connectivity index (χ2v) is 4.34. The molecule has 0 unspecified atom stereocenters. The van der Waals surface area contributed by atoms with E-state index >= 15 is 0 Å². The Morgan fingerprint density at radius 2 is 1.45 bits per heavy atom. The molecule has 6 heteroatoms. The first-order chi connectivity index (χ1) is 10.6. The van der Waals surface area contributed by atoms with Crippen LogP contribution in [0.25, 0.3) is 0 Å². The average Bonchev–Trinajstić information content (AvgIpc) is 2.48. The van der Waals surface area contributed by atoms with Crippen LogP contribution in [-0.2, 0) is 19.1 Å². The van der Waals surface area contributed by atoms with E-state index in [1.807, 2.05) is 0 Å². The Hall–Kier alpha value is -2.37. The Bertz CT molecular complexity index is 500. The van der Waals surface area contributed by atoms with Gasteiger partial charge in [0.25, 0.3) is 0 Å². The second kappa shape index (κ2) is 9.55. The number of hydrogen-bond donors (Lipinski definition) is 0. The van der Waals surface area contributed by atoms with Gasteiger partial charge in [-0.1, -0.05) is 0 Å². The van der Waals surface area contributed by atoms with E-state index in [9.17, 15) is 9.59 Å². The highest BCUT2D eigenvalue weighted by atomic mass is 16.5. The maximum atomic E-state index is 11.6. The lowest BCUT2D eigenvalue weighted by Gasteiger charge is -2.07.